The number of carbonyl (C=O) groups excluding carboxylic acids is 1. The summed E-state index contributed by atoms with van der Waals surface area (Å²) in [5.41, 5.74) is -1.61. The van der Waals surface area contributed by atoms with Crippen molar-refractivity contribution < 1.29 is 27.6 Å². The fourth-order valence-corrected chi connectivity index (χ4v) is 5.04. The summed E-state index contributed by atoms with van der Waals surface area (Å²) in [6.07, 6.45) is 0. The molecule has 1 aliphatic rings. The second-order valence-corrected chi connectivity index (χ2v) is 10.2. The van der Waals surface area contributed by atoms with Crippen molar-refractivity contribution in [2.75, 3.05) is 33.3 Å². The molecule has 0 aromatic heterocycles. The first kappa shape index (κ1) is 24.7. The molecule has 0 unspecified atom stereocenters. The van der Waals surface area contributed by atoms with E-state index in [0.29, 0.717) is 10.8 Å². The fourth-order valence-electron chi connectivity index (χ4n) is 3.48. The highest BCUT2D eigenvalue weighted by Gasteiger charge is 2.38. The van der Waals surface area contributed by atoms with E-state index in [1.807, 2.05) is 0 Å². The van der Waals surface area contributed by atoms with E-state index in [9.17, 15) is 23.3 Å². The van der Waals surface area contributed by atoms with Gasteiger partial charge in [-0.25, -0.2) is 8.42 Å². The third-order valence-corrected chi connectivity index (χ3v) is 7.36. The van der Waals surface area contributed by atoms with Crippen LogP contribution in [0.4, 0.5) is 5.69 Å². The van der Waals surface area contributed by atoms with Crippen molar-refractivity contribution >= 4 is 33.2 Å². The molecule has 0 N–H and O–H groups in total. The van der Waals surface area contributed by atoms with Gasteiger partial charge in [0.2, 0.25) is 10.0 Å². The van der Waals surface area contributed by atoms with E-state index in [0.717, 1.165) is 6.07 Å². The van der Waals surface area contributed by atoms with Gasteiger partial charge in [0.05, 0.1) is 16.9 Å². The Balaban J connectivity index is 1.69. The lowest BCUT2D eigenvalue weighted by atomic mass is 10.1. The van der Waals surface area contributed by atoms with Gasteiger partial charge in [0.15, 0.2) is 11.4 Å². The van der Waals surface area contributed by atoms with Crippen LogP contribution in [0.3, 0.4) is 0 Å². The third kappa shape index (κ3) is 5.37. The number of halogens is 1. The molecule has 0 saturated carbocycles. The first-order chi connectivity index (χ1) is 15.5. The lowest BCUT2D eigenvalue weighted by Gasteiger charge is -2.38. The number of nitro groups is 1. The number of hydrogen-bond acceptors (Lipinski definition) is 7. The zero-order valence-electron chi connectivity index (χ0n) is 18.4. The largest absolute Gasteiger partial charge is 0.490 e. The standard InChI is InChI=1S/C21H24ClN3O7S/c1-21(2,32-16-6-4-15(22)5-7-16)20(26)23-10-12-24(13-11-23)33(29,30)17-8-9-19(31-3)18(14-17)25(27)28/h4-9,14H,10-13H2,1-3H3. The Hall–Kier alpha value is -2.89. The number of benzene rings is 2. The van der Waals surface area contributed by atoms with Crippen LogP contribution in [0.15, 0.2) is 47.4 Å². The smallest absolute Gasteiger partial charge is 0.312 e. The molecule has 3 rings (SSSR count). The lowest BCUT2D eigenvalue weighted by Crippen LogP contribution is -2.56. The summed E-state index contributed by atoms with van der Waals surface area (Å²) >= 11 is 5.88. The molecule has 12 heteroatoms. The van der Waals surface area contributed by atoms with Gasteiger partial charge >= 0.3 is 5.69 Å². The minimum absolute atomic E-state index is 0.0303. The molecule has 0 spiro atoms. The maximum Gasteiger partial charge on any atom is 0.312 e. The second kappa shape index (κ2) is 9.54. The maximum absolute atomic E-state index is 13.0. The number of methoxy groups -OCH3 is 1. The molecule has 1 saturated heterocycles. The number of nitro benzene ring substituents is 1. The van der Waals surface area contributed by atoms with Crippen molar-refractivity contribution in [3.63, 3.8) is 0 Å². The Bertz CT molecular complexity index is 1140. The predicted octanol–water partition coefficient (Wildman–Crippen LogP) is 2.95. The summed E-state index contributed by atoms with van der Waals surface area (Å²) in [7, 11) is -2.72. The minimum Gasteiger partial charge on any atom is -0.490 e. The summed E-state index contributed by atoms with van der Waals surface area (Å²) in [5, 5.41) is 11.8. The van der Waals surface area contributed by atoms with E-state index in [-0.39, 0.29) is 42.7 Å². The van der Waals surface area contributed by atoms with Crippen LogP contribution in [0, 0.1) is 10.1 Å². The highest BCUT2D eigenvalue weighted by atomic mass is 35.5. The summed E-state index contributed by atoms with van der Waals surface area (Å²) in [5.74, 6) is 0.173. The van der Waals surface area contributed by atoms with Gasteiger partial charge in [-0.2, -0.15) is 4.31 Å². The van der Waals surface area contributed by atoms with Gasteiger partial charge in [-0.3, -0.25) is 14.9 Å². The van der Waals surface area contributed by atoms with Crippen LogP contribution in [-0.4, -0.2) is 67.3 Å². The van der Waals surface area contributed by atoms with Crippen LogP contribution in [0.1, 0.15) is 13.8 Å². The molecule has 178 valence electrons. The SMILES string of the molecule is COc1ccc(S(=O)(=O)N2CCN(C(=O)C(C)(C)Oc3ccc(Cl)cc3)CC2)cc1[N+](=O)[O-]. The average molecular weight is 498 g/mol. The number of carbonyl (C=O) groups is 1. The number of piperazine rings is 1. The summed E-state index contributed by atoms with van der Waals surface area (Å²) in [4.78, 5) is 24.9. The molecule has 2 aromatic carbocycles. The number of nitrogens with zero attached hydrogens (tertiary/aromatic N) is 3. The van der Waals surface area contributed by atoms with Crippen LogP contribution in [0.2, 0.25) is 5.02 Å². The Morgan fingerprint density at radius 1 is 1.09 bits per heavy atom. The number of sulfonamides is 1. The molecule has 1 heterocycles. The normalized spacial score (nSPS) is 15.2. The molecule has 0 bridgehead atoms. The molecule has 10 nitrogen and oxygen atoms in total. The van der Waals surface area contributed by atoms with Crippen molar-refractivity contribution in [2.24, 2.45) is 0 Å². The van der Waals surface area contributed by atoms with Crippen LogP contribution >= 0.6 is 11.6 Å². The van der Waals surface area contributed by atoms with Gasteiger partial charge in [-0.15, -0.1) is 0 Å². The highest BCUT2D eigenvalue weighted by molar-refractivity contribution is 7.89. The van der Waals surface area contributed by atoms with Crippen LogP contribution < -0.4 is 9.47 Å². The molecule has 0 radical (unpaired) electrons. The molecule has 1 fully saturated rings. The number of ether oxygens (including phenoxy) is 2. The topological polar surface area (TPSA) is 119 Å². The zero-order chi connectivity index (χ0) is 24.4. The van der Waals surface area contributed by atoms with Crippen molar-refractivity contribution in [3.05, 3.63) is 57.6 Å². The Morgan fingerprint density at radius 3 is 2.24 bits per heavy atom. The van der Waals surface area contributed by atoms with Gasteiger partial charge in [-0.05, 0) is 50.2 Å². The molecule has 0 aliphatic carbocycles. The fraction of sp³-hybridized carbons (Fsp3) is 0.381. The predicted molar refractivity (Wildman–Crippen MR) is 121 cm³/mol. The summed E-state index contributed by atoms with van der Waals surface area (Å²) < 4.78 is 38.0. The molecule has 1 amide bonds. The van der Waals surface area contributed by atoms with Gasteiger partial charge in [0.25, 0.3) is 5.91 Å². The van der Waals surface area contributed by atoms with E-state index in [1.54, 1.807) is 43.0 Å². The summed E-state index contributed by atoms with van der Waals surface area (Å²) in [6.45, 7) is 3.69. The van der Waals surface area contributed by atoms with Gasteiger partial charge in [0, 0.05) is 37.3 Å². The minimum atomic E-state index is -3.99. The van der Waals surface area contributed by atoms with E-state index < -0.39 is 26.2 Å². The van der Waals surface area contributed by atoms with Crippen molar-refractivity contribution in [3.8, 4) is 11.5 Å². The molecule has 2 aromatic rings. The number of rotatable bonds is 7. The Kier molecular flexibility index (Phi) is 7.15. The second-order valence-electron chi connectivity index (χ2n) is 7.85. The molecule has 0 atom stereocenters. The molecular formula is C21H24ClN3O7S. The molecule has 1 aliphatic heterocycles. The first-order valence-corrected chi connectivity index (χ1v) is 11.8. The quantitative estimate of drug-likeness (QED) is 0.426. The first-order valence-electron chi connectivity index (χ1n) is 10.0. The lowest BCUT2D eigenvalue weighted by molar-refractivity contribution is -0.386. The molecule has 33 heavy (non-hydrogen) atoms. The third-order valence-electron chi connectivity index (χ3n) is 5.21. The van der Waals surface area contributed by atoms with Gasteiger partial charge < -0.3 is 14.4 Å². The van der Waals surface area contributed by atoms with Crippen molar-refractivity contribution in [2.45, 2.75) is 24.3 Å². The average Bonchev–Trinajstić information content (AvgIpc) is 2.79. The highest BCUT2D eigenvalue weighted by Crippen LogP contribution is 2.31. The zero-order valence-corrected chi connectivity index (χ0v) is 19.9. The van der Waals surface area contributed by atoms with E-state index in [2.05, 4.69) is 0 Å². The van der Waals surface area contributed by atoms with Crippen molar-refractivity contribution in [1.29, 1.82) is 0 Å². The van der Waals surface area contributed by atoms with E-state index in [4.69, 9.17) is 21.1 Å². The maximum atomic E-state index is 13.0. The van der Waals surface area contributed by atoms with Crippen LogP contribution in [0.5, 0.6) is 11.5 Å². The van der Waals surface area contributed by atoms with E-state index in [1.165, 1.54) is 23.5 Å². The number of hydrogen-bond donors (Lipinski definition) is 0. The Labute approximate surface area is 196 Å². The monoisotopic (exact) mass is 497 g/mol. The Morgan fingerprint density at radius 2 is 1.70 bits per heavy atom. The van der Waals surface area contributed by atoms with Gasteiger partial charge in [0.1, 0.15) is 5.75 Å². The van der Waals surface area contributed by atoms with Crippen molar-refractivity contribution in [1.82, 2.24) is 9.21 Å². The number of amides is 1. The van der Waals surface area contributed by atoms with Gasteiger partial charge in [-0.1, -0.05) is 11.6 Å². The van der Waals surface area contributed by atoms with Crippen LogP contribution in [0.25, 0.3) is 0 Å². The molecular weight excluding hydrogens is 474 g/mol. The van der Waals surface area contributed by atoms with Crippen LogP contribution in [-0.2, 0) is 14.8 Å². The summed E-state index contributed by atoms with van der Waals surface area (Å²) in [6, 6.07) is 10.1. The van der Waals surface area contributed by atoms with E-state index >= 15 is 0 Å².